The molecule has 2 heterocycles. The van der Waals surface area contributed by atoms with Gasteiger partial charge in [-0.2, -0.15) is 0 Å². The highest BCUT2D eigenvalue weighted by Crippen LogP contribution is 2.27. The Morgan fingerprint density at radius 1 is 1.00 bits per heavy atom. The molecule has 0 aliphatic carbocycles. The summed E-state index contributed by atoms with van der Waals surface area (Å²) in [5.74, 6) is -0.299. The van der Waals surface area contributed by atoms with E-state index in [-0.39, 0.29) is 43.8 Å². The Morgan fingerprint density at radius 2 is 1.74 bits per heavy atom. The van der Waals surface area contributed by atoms with Crippen LogP contribution in [0.15, 0.2) is 91.0 Å². The molecule has 0 spiro atoms. The van der Waals surface area contributed by atoms with Gasteiger partial charge >= 0.3 is 0 Å². The third-order valence-electron chi connectivity index (χ3n) is 6.83. The quantitative estimate of drug-likeness (QED) is 0.332. The molecule has 0 N–H and O–H groups in total. The highest BCUT2D eigenvalue weighted by atomic mass is 19.1. The number of rotatable bonds is 8. The maximum absolute atomic E-state index is 13.5. The summed E-state index contributed by atoms with van der Waals surface area (Å²) in [5.41, 5.74) is 0.978. The van der Waals surface area contributed by atoms with Gasteiger partial charge in [0.1, 0.15) is 29.5 Å². The average molecular weight is 528 g/mol. The number of pyridine rings is 1. The first kappa shape index (κ1) is 26.3. The summed E-state index contributed by atoms with van der Waals surface area (Å²) in [6.45, 7) is 1.20. The molecule has 8 heteroatoms. The maximum Gasteiger partial charge on any atom is 0.272 e. The summed E-state index contributed by atoms with van der Waals surface area (Å²) < 4.78 is 25.6. The largest absolute Gasteiger partial charge is 0.490 e. The molecule has 3 aromatic carbocycles. The fourth-order valence-corrected chi connectivity index (χ4v) is 4.71. The summed E-state index contributed by atoms with van der Waals surface area (Å²) in [4.78, 5) is 34.8. The Morgan fingerprint density at radius 3 is 2.54 bits per heavy atom. The molecule has 39 heavy (non-hydrogen) atoms. The predicted molar refractivity (Wildman–Crippen MR) is 146 cm³/mol. The lowest BCUT2D eigenvalue weighted by molar-refractivity contribution is -0.152. The van der Waals surface area contributed by atoms with Crippen molar-refractivity contribution in [3.8, 4) is 5.75 Å². The number of ether oxygens (including phenoxy) is 2. The highest BCUT2D eigenvalue weighted by Gasteiger charge is 2.42. The lowest BCUT2D eigenvalue weighted by atomic mass is 9.96. The van der Waals surface area contributed by atoms with Gasteiger partial charge in [0.05, 0.1) is 25.1 Å². The van der Waals surface area contributed by atoms with E-state index in [1.165, 1.54) is 24.3 Å². The summed E-state index contributed by atoms with van der Waals surface area (Å²) in [5, 5.41) is 0.949. The van der Waals surface area contributed by atoms with Crippen molar-refractivity contribution in [3.63, 3.8) is 0 Å². The first-order valence-corrected chi connectivity index (χ1v) is 12.9. The normalized spacial score (nSPS) is 17.1. The van der Waals surface area contributed by atoms with E-state index >= 15 is 0 Å². The van der Waals surface area contributed by atoms with Crippen LogP contribution in [0, 0.1) is 5.82 Å². The van der Waals surface area contributed by atoms with E-state index in [0.717, 1.165) is 16.5 Å². The van der Waals surface area contributed by atoms with Gasteiger partial charge in [-0.1, -0.05) is 54.6 Å². The molecule has 1 atom stereocenters. The number of carbonyl (C=O) groups excluding carboxylic acids is 2. The van der Waals surface area contributed by atoms with Gasteiger partial charge in [0.25, 0.3) is 5.91 Å². The Balaban J connectivity index is 1.36. The zero-order valence-corrected chi connectivity index (χ0v) is 21.8. The van der Waals surface area contributed by atoms with Crippen LogP contribution in [0.1, 0.15) is 22.5 Å². The van der Waals surface area contributed by atoms with Crippen LogP contribution in [0.4, 0.5) is 4.39 Å². The minimum atomic E-state index is -1.10. The monoisotopic (exact) mass is 527 g/mol. The van der Waals surface area contributed by atoms with E-state index in [0.29, 0.717) is 24.5 Å². The lowest BCUT2D eigenvalue weighted by Crippen LogP contribution is -2.58. The van der Waals surface area contributed by atoms with Crippen molar-refractivity contribution < 1.29 is 23.5 Å². The van der Waals surface area contributed by atoms with E-state index in [2.05, 4.69) is 4.98 Å². The molecule has 1 aliphatic heterocycles. The molecular formula is C31H30FN3O4. The Labute approximate surface area is 226 Å². The number of morpholine rings is 1. The lowest BCUT2D eigenvalue weighted by Gasteiger charge is -2.42. The third kappa shape index (κ3) is 6.41. The molecule has 5 rings (SSSR count). The molecule has 0 saturated carbocycles. The second-order valence-electron chi connectivity index (χ2n) is 9.80. The fraction of sp³-hybridized carbons (Fsp3) is 0.258. The van der Waals surface area contributed by atoms with Gasteiger partial charge in [0.2, 0.25) is 5.91 Å². The standard InChI is InChI=1S/C31H30FN3O4/c1-34(20-23-7-3-2-4-8-23)29(36)19-31(22-38-26-14-12-25(32)13-15-26)21-35(17-18-39-31)30(37)28-16-11-24-9-5-6-10-27(24)33-28/h2-16H,17-22H2,1H3/t31-/m1/s1. The smallest absolute Gasteiger partial charge is 0.272 e. The molecular weight excluding hydrogens is 497 g/mol. The van der Waals surface area contributed by atoms with Gasteiger partial charge in [-0.15, -0.1) is 0 Å². The average Bonchev–Trinajstić information content (AvgIpc) is 2.97. The van der Waals surface area contributed by atoms with E-state index < -0.39 is 5.60 Å². The first-order valence-electron chi connectivity index (χ1n) is 12.9. The molecule has 1 aliphatic rings. The Hall–Kier alpha value is -4.30. The van der Waals surface area contributed by atoms with Crippen LogP contribution in [0.3, 0.4) is 0 Å². The minimum Gasteiger partial charge on any atom is -0.490 e. The summed E-state index contributed by atoms with van der Waals surface area (Å²) in [6.07, 6.45) is 0.00641. The predicted octanol–water partition coefficient (Wildman–Crippen LogP) is 4.71. The molecule has 1 saturated heterocycles. The molecule has 200 valence electrons. The molecule has 0 radical (unpaired) electrons. The highest BCUT2D eigenvalue weighted by molar-refractivity contribution is 5.95. The van der Waals surface area contributed by atoms with E-state index in [4.69, 9.17) is 9.47 Å². The van der Waals surface area contributed by atoms with Crippen molar-refractivity contribution in [2.75, 3.05) is 33.4 Å². The number of amides is 2. The number of fused-ring (bicyclic) bond motifs is 1. The van der Waals surface area contributed by atoms with Crippen molar-refractivity contribution >= 4 is 22.7 Å². The number of hydrogen-bond acceptors (Lipinski definition) is 5. The van der Waals surface area contributed by atoms with Crippen LogP contribution in [0.2, 0.25) is 0 Å². The number of aromatic nitrogens is 1. The van der Waals surface area contributed by atoms with Gasteiger partial charge in [0, 0.05) is 25.5 Å². The van der Waals surface area contributed by atoms with Gasteiger partial charge in [0.15, 0.2) is 0 Å². The second-order valence-corrected chi connectivity index (χ2v) is 9.80. The zero-order chi connectivity index (χ0) is 27.2. The molecule has 0 unspecified atom stereocenters. The molecule has 2 amide bonds. The number of halogens is 1. The third-order valence-corrected chi connectivity index (χ3v) is 6.83. The summed E-state index contributed by atoms with van der Waals surface area (Å²) >= 11 is 0. The van der Waals surface area contributed by atoms with Gasteiger partial charge < -0.3 is 19.3 Å². The summed E-state index contributed by atoms with van der Waals surface area (Å²) in [7, 11) is 1.74. The first-order chi connectivity index (χ1) is 18.9. The van der Waals surface area contributed by atoms with Crippen LogP contribution >= 0.6 is 0 Å². The van der Waals surface area contributed by atoms with Crippen molar-refractivity contribution in [2.45, 2.75) is 18.6 Å². The van der Waals surface area contributed by atoms with Crippen LogP contribution in [-0.4, -0.2) is 65.6 Å². The summed E-state index contributed by atoms with van der Waals surface area (Å²) in [6, 6.07) is 26.6. The van der Waals surface area contributed by atoms with Crippen molar-refractivity contribution in [2.24, 2.45) is 0 Å². The number of nitrogens with zero attached hydrogens (tertiary/aromatic N) is 3. The van der Waals surface area contributed by atoms with Gasteiger partial charge in [-0.25, -0.2) is 9.37 Å². The number of hydrogen-bond donors (Lipinski definition) is 0. The minimum absolute atomic E-state index is 0.00641. The van der Waals surface area contributed by atoms with Crippen molar-refractivity contribution in [3.05, 3.63) is 108 Å². The topological polar surface area (TPSA) is 72.0 Å². The number of carbonyl (C=O) groups is 2. The second kappa shape index (κ2) is 11.6. The fourth-order valence-electron chi connectivity index (χ4n) is 4.71. The molecule has 1 aromatic heterocycles. The van der Waals surface area contributed by atoms with E-state index in [1.807, 2.05) is 60.7 Å². The van der Waals surface area contributed by atoms with Crippen LogP contribution < -0.4 is 4.74 Å². The molecule has 0 bridgehead atoms. The van der Waals surface area contributed by atoms with Crippen LogP contribution in [0.5, 0.6) is 5.75 Å². The van der Waals surface area contributed by atoms with Crippen LogP contribution in [-0.2, 0) is 16.1 Å². The zero-order valence-electron chi connectivity index (χ0n) is 21.8. The van der Waals surface area contributed by atoms with Crippen molar-refractivity contribution in [1.82, 2.24) is 14.8 Å². The number of para-hydroxylation sites is 1. The number of benzene rings is 3. The molecule has 7 nitrogen and oxygen atoms in total. The van der Waals surface area contributed by atoms with E-state index in [9.17, 15) is 14.0 Å². The molecule has 4 aromatic rings. The Kier molecular flexibility index (Phi) is 7.84. The van der Waals surface area contributed by atoms with E-state index in [1.54, 1.807) is 22.9 Å². The van der Waals surface area contributed by atoms with Crippen molar-refractivity contribution in [1.29, 1.82) is 0 Å². The van der Waals surface area contributed by atoms with Crippen LogP contribution in [0.25, 0.3) is 10.9 Å². The van der Waals surface area contributed by atoms with Gasteiger partial charge in [-0.05, 0) is 42.0 Å². The maximum atomic E-state index is 13.5. The molecule has 1 fully saturated rings. The van der Waals surface area contributed by atoms with Gasteiger partial charge in [-0.3, -0.25) is 9.59 Å². The Bertz CT molecular complexity index is 1450. The SMILES string of the molecule is CN(Cc1ccccc1)C(=O)C[C@]1(COc2ccc(F)cc2)CN(C(=O)c2ccc3ccccc3n2)CCO1.